The minimum absolute atomic E-state index is 0.000654. The fourth-order valence-corrected chi connectivity index (χ4v) is 3.22. The van der Waals surface area contributed by atoms with E-state index >= 15 is 0 Å². The Morgan fingerprint density at radius 2 is 1.71 bits per heavy atom. The largest absolute Gasteiger partial charge is 0.484 e. The van der Waals surface area contributed by atoms with Crippen molar-refractivity contribution in [1.29, 1.82) is 0 Å². The molecule has 2 aromatic rings. The first-order chi connectivity index (χ1) is 11.6. The normalized spacial score (nSPS) is 14.6. The average Bonchev–Trinajstić information content (AvgIpc) is 2.61. The molecule has 1 amide bonds. The molecule has 1 aliphatic rings. The molecule has 0 N–H and O–H groups in total. The predicted octanol–water partition coefficient (Wildman–Crippen LogP) is 3.72. The molecule has 0 atom stereocenters. The summed E-state index contributed by atoms with van der Waals surface area (Å²) >= 11 is 12.2. The van der Waals surface area contributed by atoms with E-state index in [4.69, 9.17) is 27.9 Å². The van der Waals surface area contributed by atoms with E-state index in [2.05, 4.69) is 4.90 Å². The molecule has 0 radical (unpaired) electrons. The summed E-state index contributed by atoms with van der Waals surface area (Å²) in [5.41, 5.74) is 0.953. The Hall–Kier alpha value is -1.91. The SMILES string of the molecule is O=C(COc1ccccc1)N1CCN(c2ccc(Cl)cc2Cl)CC1. The van der Waals surface area contributed by atoms with E-state index in [9.17, 15) is 4.79 Å². The topological polar surface area (TPSA) is 32.8 Å². The average molecular weight is 365 g/mol. The first kappa shape index (κ1) is 16.9. The number of benzene rings is 2. The number of hydrogen-bond acceptors (Lipinski definition) is 3. The Bertz CT molecular complexity index is 701. The zero-order valence-corrected chi connectivity index (χ0v) is 14.6. The first-order valence-corrected chi connectivity index (χ1v) is 8.55. The van der Waals surface area contributed by atoms with Crippen molar-refractivity contribution in [2.24, 2.45) is 0 Å². The molecule has 0 aliphatic carbocycles. The third kappa shape index (κ3) is 4.13. The van der Waals surface area contributed by atoms with Gasteiger partial charge in [0.05, 0.1) is 10.7 Å². The maximum Gasteiger partial charge on any atom is 0.260 e. The van der Waals surface area contributed by atoms with Crippen LogP contribution in [0, 0.1) is 0 Å². The van der Waals surface area contributed by atoms with Gasteiger partial charge in [-0.05, 0) is 30.3 Å². The molecule has 0 unspecified atom stereocenters. The lowest BCUT2D eigenvalue weighted by atomic mass is 10.2. The van der Waals surface area contributed by atoms with Gasteiger partial charge in [-0.25, -0.2) is 0 Å². The molecular formula is C18H18Cl2N2O2. The summed E-state index contributed by atoms with van der Waals surface area (Å²) in [4.78, 5) is 16.3. The Balaban J connectivity index is 1.52. The second kappa shape index (κ2) is 7.77. The number of halogens is 2. The molecule has 1 heterocycles. The van der Waals surface area contributed by atoms with E-state index in [0.717, 1.165) is 18.8 Å². The molecule has 2 aromatic carbocycles. The maximum absolute atomic E-state index is 12.3. The van der Waals surface area contributed by atoms with Gasteiger partial charge >= 0.3 is 0 Å². The molecule has 0 bridgehead atoms. The smallest absolute Gasteiger partial charge is 0.260 e. The van der Waals surface area contributed by atoms with Crippen molar-refractivity contribution >= 4 is 34.8 Å². The number of hydrogen-bond donors (Lipinski definition) is 0. The molecule has 0 saturated carbocycles. The number of amides is 1. The maximum atomic E-state index is 12.3. The molecule has 24 heavy (non-hydrogen) atoms. The van der Waals surface area contributed by atoms with E-state index in [-0.39, 0.29) is 12.5 Å². The first-order valence-electron chi connectivity index (χ1n) is 7.79. The monoisotopic (exact) mass is 364 g/mol. The lowest BCUT2D eigenvalue weighted by molar-refractivity contribution is -0.133. The number of rotatable bonds is 4. The van der Waals surface area contributed by atoms with Crippen LogP contribution in [0.25, 0.3) is 0 Å². The number of piperazine rings is 1. The van der Waals surface area contributed by atoms with E-state index in [1.807, 2.05) is 47.4 Å². The Labute approximate surface area is 151 Å². The van der Waals surface area contributed by atoms with Crippen LogP contribution in [0.15, 0.2) is 48.5 Å². The molecule has 1 aliphatic heterocycles. The fraction of sp³-hybridized carbons (Fsp3) is 0.278. The second-order valence-corrected chi connectivity index (χ2v) is 6.41. The Kier molecular flexibility index (Phi) is 5.48. The number of anilines is 1. The highest BCUT2D eigenvalue weighted by molar-refractivity contribution is 6.36. The lowest BCUT2D eigenvalue weighted by Crippen LogP contribution is -2.50. The summed E-state index contributed by atoms with van der Waals surface area (Å²) in [6.45, 7) is 2.83. The van der Waals surface area contributed by atoms with Crippen LogP contribution in [0.1, 0.15) is 0 Å². The third-order valence-electron chi connectivity index (χ3n) is 3.99. The minimum Gasteiger partial charge on any atom is -0.484 e. The number of para-hydroxylation sites is 1. The summed E-state index contributed by atoms with van der Waals surface area (Å²) < 4.78 is 5.52. The third-order valence-corrected chi connectivity index (χ3v) is 4.53. The van der Waals surface area contributed by atoms with Gasteiger partial charge in [-0.2, -0.15) is 0 Å². The molecule has 3 rings (SSSR count). The van der Waals surface area contributed by atoms with Crippen LogP contribution in [0.4, 0.5) is 5.69 Å². The van der Waals surface area contributed by atoms with Gasteiger partial charge in [-0.3, -0.25) is 4.79 Å². The zero-order valence-electron chi connectivity index (χ0n) is 13.1. The highest BCUT2D eigenvalue weighted by Crippen LogP contribution is 2.29. The van der Waals surface area contributed by atoms with Crippen LogP contribution in [0.5, 0.6) is 5.75 Å². The molecule has 1 fully saturated rings. The van der Waals surface area contributed by atoms with Crippen LogP contribution in [0.3, 0.4) is 0 Å². The highest BCUT2D eigenvalue weighted by Gasteiger charge is 2.22. The predicted molar refractivity (Wildman–Crippen MR) is 97.2 cm³/mol. The summed E-state index contributed by atoms with van der Waals surface area (Å²) in [7, 11) is 0. The van der Waals surface area contributed by atoms with Crippen LogP contribution in [-0.2, 0) is 4.79 Å². The standard InChI is InChI=1S/C18H18Cl2N2O2/c19-14-6-7-17(16(20)12-14)21-8-10-22(11-9-21)18(23)13-24-15-4-2-1-3-5-15/h1-7,12H,8-11,13H2. The Morgan fingerprint density at radius 1 is 1.00 bits per heavy atom. The summed E-state index contributed by atoms with van der Waals surface area (Å²) in [5, 5.41) is 1.25. The Morgan fingerprint density at radius 3 is 2.38 bits per heavy atom. The van der Waals surface area contributed by atoms with Crippen molar-refractivity contribution in [2.75, 3.05) is 37.7 Å². The molecule has 0 spiro atoms. The van der Waals surface area contributed by atoms with Gasteiger partial charge in [0.2, 0.25) is 0 Å². The second-order valence-electron chi connectivity index (χ2n) is 5.57. The summed E-state index contributed by atoms with van der Waals surface area (Å²) in [6.07, 6.45) is 0. The zero-order chi connectivity index (χ0) is 16.9. The van der Waals surface area contributed by atoms with Crippen LogP contribution in [-0.4, -0.2) is 43.6 Å². The molecule has 4 nitrogen and oxygen atoms in total. The van der Waals surface area contributed by atoms with Crippen molar-refractivity contribution in [3.8, 4) is 5.75 Å². The number of carbonyl (C=O) groups excluding carboxylic acids is 1. The van der Waals surface area contributed by atoms with Crippen molar-refractivity contribution in [3.63, 3.8) is 0 Å². The molecule has 126 valence electrons. The number of ether oxygens (including phenoxy) is 1. The number of nitrogens with zero attached hydrogens (tertiary/aromatic N) is 2. The number of carbonyl (C=O) groups is 1. The molecular weight excluding hydrogens is 347 g/mol. The van der Waals surface area contributed by atoms with Crippen molar-refractivity contribution < 1.29 is 9.53 Å². The molecule has 6 heteroatoms. The lowest BCUT2D eigenvalue weighted by Gasteiger charge is -2.36. The van der Waals surface area contributed by atoms with Gasteiger partial charge in [0.15, 0.2) is 6.61 Å². The fourth-order valence-electron chi connectivity index (χ4n) is 2.69. The van der Waals surface area contributed by atoms with Gasteiger partial charge in [0.1, 0.15) is 5.75 Å². The van der Waals surface area contributed by atoms with Gasteiger partial charge in [0, 0.05) is 31.2 Å². The summed E-state index contributed by atoms with van der Waals surface area (Å²) in [5.74, 6) is 0.707. The highest BCUT2D eigenvalue weighted by atomic mass is 35.5. The van der Waals surface area contributed by atoms with Crippen LogP contribution >= 0.6 is 23.2 Å². The van der Waals surface area contributed by atoms with Crippen molar-refractivity contribution in [3.05, 3.63) is 58.6 Å². The minimum atomic E-state index is 0.000654. The molecule has 0 aromatic heterocycles. The summed E-state index contributed by atoms with van der Waals surface area (Å²) in [6, 6.07) is 14.8. The van der Waals surface area contributed by atoms with E-state index in [0.29, 0.717) is 28.9 Å². The van der Waals surface area contributed by atoms with Crippen molar-refractivity contribution in [2.45, 2.75) is 0 Å². The quantitative estimate of drug-likeness (QED) is 0.828. The van der Waals surface area contributed by atoms with Gasteiger partial charge in [0.25, 0.3) is 5.91 Å². The van der Waals surface area contributed by atoms with Crippen LogP contribution in [0.2, 0.25) is 10.0 Å². The van der Waals surface area contributed by atoms with Crippen molar-refractivity contribution in [1.82, 2.24) is 4.90 Å². The molecule has 1 saturated heterocycles. The van der Waals surface area contributed by atoms with Gasteiger partial charge in [-0.1, -0.05) is 41.4 Å². The van der Waals surface area contributed by atoms with Gasteiger partial charge < -0.3 is 14.5 Å². The van der Waals surface area contributed by atoms with Crippen LogP contribution < -0.4 is 9.64 Å². The van der Waals surface area contributed by atoms with E-state index in [1.54, 1.807) is 6.07 Å². The van der Waals surface area contributed by atoms with E-state index in [1.165, 1.54) is 0 Å². The van der Waals surface area contributed by atoms with Gasteiger partial charge in [-0.15, -0.1) is 0 Å². The van der Waals surface area contributed by atoms with E-state index < -0.39 is 0 Å².